The van der Waals surface area contributed by atoms with E-state index >= 15 is 0 Å². The maximum atomic E-state index is 2.33. The summed E-state index contributed by atoms with van der Waals surface area (Å²) in [6.07, 6.45) is 5.56. The Balaban J connectivity index is 1.87. The van der Waals surface area contributed by atoms with E-state index in [2.05, 4.69) is 49.4 Å². The van der Waals surface area contributed by atoms with Gasteiger partial charge < -0.3 is 0 Å². The molecule has 2 atom stereocenters. The van der Waals surface area contributed by atoms with E-state index < -0.39 is 0 Å². The topological polar surface area (TPSA) is 0 Å². The molecule has 0 heteroatoms. The van der Waals surface area contributed by atoms with Crippen molar-refractivity contribution < 1.29 is 0 Å². The Morgan fingerprint density at radius 1 is 1.06 bits per heavy atom. The van der Waals surface area contributed by atoms with Crippen LogP contribution in [0.5, 0.6) is 0 Å². The van der Waals surface area contributed by atoms with Gasteiger partial charge in [0.05, 0.1) is 0 Å². The Bertz CT molecular complexity index is 507. The zero-order valence-electron chi connectivity index (χ0n) is 10.5. The molecule has 1 aliphatic carbocycles. The van der Waals surface area contributed by atoms with Gasteiger partial charge in [-0.05, 0) is 41.0 Å². The zero-order valence-corrected chi connectivity index (χ0v) is 10.5. The normalized spacial score (nSPS) is 22.9. The summed E-state index contributed by atoms with van der Waals surface area (Å²) in [4.78, 5) is 0. The largest absolute Gasteiger partial charge is 0.0654 e. The van der Waals surface area contributed by atoms with Crippen molar-refractivity contribution in [3.05, 3.63) is 48.0 Å². The molecule has 0 aromatic heterocycles. The van der Waals surface area contributed by atoms with Crippen molar-refractivity contribution in [2.45, 2.75) is 38.5 Å². The minimum Gasteiger partial charge on any atom is -0.0654 e. The summed E-state index contributed by atoms with van der Waals surface area (Å²) in [6, 6.07) is 15.6. The molecule has 0 N–H and O–H groups in total. The SMILES string of the molecule is CCCC[C@@H]1C[C@H]1c1cccc2ccccc12. The molecular weight excluding hydrogens is 204 g/mol. The van der Waals surface area contributed by atoms with Gasteiger partial charge in [-0.15, -0.1) is 0 Å². The van der Waals surface area contributed by atoms with Crippen molar-refractivity contribution in [3.63, 3.8) is 0 Å². The average Bonchev–Trinajstić information content (AvgIpc) is 3.15. The van der Waals surface area contributed by atoms with Gasteiger partial charge in [-0.2, -0.15) is 0 Å². The quantitative estimate of drug-likeness (QED) is 0.675. The van der Waals surface area contributed by atoms with Crippen molar-refractivity contribution >= 4 is 10.8 Å². The van der Waals surface area contributed by atoms with Crippen LogP contribution < -0.4 is 0 Å². The van der Waals surface area contributed by atoms with Gasteiger partial charge >= 0.3 is 0 Å². The molecule has 1 saturated carbocycles. The fraction of sp³-hybridized carbons (Fsp3) is 0.412. The van der Waals surface area contributed by atoms with Crippen molar-refractivity contribution in [1.29, 1.82) is 0 Å². The summed E-state index contributed by atoms with van der Waals surface area (Å²) in [5.74, 6) is 1.80. The summed E-state index contributed by atoms with van der Waals surface area (Å²) in [5, 5.41) is 2.87. The van der Waals surface area contributed by atoms with Gasteiger partial charge in [0.2, 0.25) is 0 Å². The van der Waals surface area contributed by atoms with E-state index in [1.165, 1.54) is 36.5 Å². The molecule has 2 aromatic carbocycles. The van der Waals surface area contributed by atoms with Crippen molar-refractivity contribution in [1.82, 2.24) is 0 Å². The minimum atomic E-state index is 0.840. The first kappa shape index (κ1) is 10.8. The van der Waals surface area contributed by atoms with Crippen LogP contribution in [0.4, 0.5) is 0 Å². The maximum Gasteiger partial charge on any atom is -0.0124 e. The molecule has 0 saturated heterocycles. The fourth-order valence-electron chi connectivity index (χ4n) is 2.99. The highest BCUT2D eigenvalue weighted by atomic mass is 14.4. The van der Waals surface area contributed by atoms with Gasteiger partial charge in [-0.3, -0.25) is 0 Å². The summed E-state index contributed by atoms with van der Waals surface area (Å²) < 4.78 is 0. The lowest BCUT2D eigenvalue weighted by Gasteiger charge is -2.06. The second-order valence-electron chi connectivity index (χ2n) is 5.31. The second-order valence-corrected chi connectivity index (χ2v) is 5.31. The first-order chi connectivity index (χ1) is 8.40. The molecule has 0 nitrogen and oxygen atoms in total. The molecule has 1 aliphatic rings. The van der Waals surface area contributed by atoms with Crippen LogP contribution in [0.2, 0.25) is 0 Å². The molecule has 0 unspecified atom stereocenters. The number of unbranched alkanes of at least 4 members (excludes halogenated alkanes) is 1. The van der Waals surface area contributed by atoms with E-state index in [1.807, 2.05) is 0 Å². The van der Waals surface area contributed by atoms with Crippen LogP contribution in [0.1, 0.15) is 44.1 Å². The number of benzene rings is 2. The van der Waals surface area contributed by atoms with E-state index in [-0.39, 0.29) is 0 Å². The lowest BCUT2D eigenvalue weighted by atomic mass is 9.99. The van der Waals surface area contributed by atoms with Gasteiger partial charge in [-0.25, -0.2) is 0 Å². The van der Waals surface area contributed by atoms with Gasteiger partial charge in [0, 0.05) is 0 Å². The van der Waals surface area contributed by atoms with Crippen LogP contribution in [-0.4, -0.2) is 0 Å². The predicted molar refractivity (Wildman–Crippen MR) is 74.3 cm³/mol. The highest BCUT2D eigenvalue weighted by Crippen LogP contribution is 2.51. The molecule has 0 amide bonds. The Kier molecular flexibility index (Phi) is 2.88. The second kappa shape index (κ2) is 4.52. The smallest absolute Gasteiger partial charge is 0.0124 e. The number of hydrogen-bond acceptors (Lipinski definition) is 0. The monoisotopic (exact) mass is 224 g/mol. The predicted octanol–water partition coefficient (Wildman–Crippen LogP) is 5.13. The van der Waals surface area contributed by atoms with Gasteiger partial charge in [0.1, 0.15) is 0 Å². The maximum absolute atomic E-state index is 2.33. The zero-order chi connectivity index (χ0) is 11.7. The van der Waals surface area contributed by atoms with Crippen LogP contribution in [-0.2, 0) is 0 Å². The van der Waals surface area contributed by atoms with Crippen molar-refractivity contribution in [2.24, 2.45) is 5.92 Å². The van der Waals surface area contributed by atoms with E-state index in [4.69, 9.17) is 0 Å². The lowest BCUT2D eigenvalue weighted by Crippen LogP contribution is -1.86. The Morgan fingerprint density at radius 2 is 1.88 bits per heavy atom. The van der Waals surface area contributed by atoms with Crippen LogP contribution in [0.25, 0.3) is 10.8 Å². The van der Waals surface area contributed by atoms with Crippen LogP contribution in [0.15, 0.2) is 42.5 Å². The first-order valence-corrected chi connectivity index (χ1v) is 6.88. The van der Waals surface area contributed by atoms with Crippen LogP contribution in [0.3, 0.4) is 0 Å². The van der Waals surface area contributed by atoms with E-state index in [1.54, 1.807) is 5.56 Å². The summed E-state index contributed by atoms with van der Waals surface area (Å²) in [5.41, 5.74) is 1.59. The lowest BCUT2D eigenvalue weighted by molar-refractivity contribution is 0.640. The van der Waals surface area contributed by atoms with Crippen LogP contribution in [0, 0.1) is 5.92 Å². The average molecular weight is 224 g/mol. The third kappa shape index (κ3) is 2.09. The van der Waals surface area contributed by atoms with Gasteiger partial charge in [0.15, 0.2) is 0 Å². The Labute approximate surface area is 104 Å². The minimum absolute atomic E-state index is 0.840. The van der Waals surface area contributed by atoms with Crippen molar-refractivity contribution in [2.75, 3.05) is 0 Å². The number of rotatable bonds is 4. The van der Waals surface area contributed by atoms with E-state index in [9.17, 15) is 0 Å². The molecule has 3 rings (SSSR count). The van der Waals surface area contributed by atoms with E-state index in [0.717, 1.165) is 11.8 Å². The van der Waals surface area contributed by atoms with E-state index in [0.29, 0.717) is 0 Å². The summed E-state index contributed by atoms with van der Waals surface area (Å²) >= 11 is 0. The highest BCUT2D eigenvalue weighted by Gasteiger charge is 2.37. The first-order valence-electron chi connectivity index (χ1n) is 6.88. The molecule has 0 heterocycles. The number of hydrogen-bond donors (Lipinski definition) is 0. The van der Waals surface area contributed by atoms with Gasteiger partial charge in [-0.1, -0.05) is 62.2 Å². The number of fused-ring (bicyclic) bond motifs is 1. The third-order valence-corrected chi connectivity index (χ3v) is 4.07. The standard InChI is InChI=1S/C17H20/c1-2-3-7-14-12-17(14)16-11-6-9-13-8-4-5-10-15(13)16/h4-6,8-11,14,17H,2-3,7,12H2,1H3/t14-,17-/m1/s1. The molecular formula is C17H20. The Hall–Kier alpha value is -1.30. The molecule has 0 spiro atoms. The molecule has 0 aliphatic heterocycles. The molecule has 0 bridgehead atoms. The van der Waals surface area contributed by atoms with Crippen LogP contribution >= 0.6 is 0 Å². The van der Waals surface area contributed by atoms with Gasteiger partial charge in [0.25, 0.3) is 0 Å². The fourth-order valence-corrected chi connectivity index (χ4v) is 2.99. The van der Waals surface area contributed by atoms with Crippen molar-refractivity contribution in [3.8, 4) is 0 Å². The highest BCUT2D eigenvalue weighted by molar-refractivity contribution is 5.86. The summed E-state index contributed by atoms with van der Waals surface area (Å²) in [6.45, 7) is 2.29. The molecule has 2 aromatic rings. The summed E-state index contributed by atoms with van der Waals surface area (Å²) in [7, 11) is 0. The molecule has 0 radical (unpaired) electrons. The molecule has 88 valence electrons. The molecule has 17 heavy (non-hydrogen) atoms. The molecule has 1 fully saturated rings. The third-order valence-electron chi connectivity index (χ3n) is 4.07. The Morgan fingerprint density at radius 3 is 2.76 bits per heavy atom.